The van der Waals surface area contributed by atoms with Gasteiger partial charge in [0.05, 0.1) is 16.6 Å². The number of hydrogen-bond acceptors (Lipinski definition) is 4. The minimum atomic E-state index is -0.911. The van der Waals surface area contributed by atoms with Crippen molar-refractivity contribution in [3.8, 4) is 11.3 Å². The summed E-state index contributed by atoms with van der Waals surface area (Å²) in [5.74, 6) is -1.70. The largest absolute Gasteiger partial charge is 0.481 e. The van der Waals surface area contributed by atoms with E-state index in [0.29, 0.717) is 5.56 Å². The van der Waals surface area contributed by atoms with Crippen molar-refractivity contribution in [2.75, 3.05) is 13.6 Å². The predicted molar refractivity (Wildman–Crippen MR) is 86.0 cm³/mol. The Morgan fingerprint density at radius 3 is 2.73 bits per heavy atom. The smallest absolute Gasteiger partial charge is 0.308 e. The van der Waals surface area contributed by atoms with Gasteiger partial charge in [-0.2, -0.15) is 0 Å². The lowest BCUT2D eigenvalue weighted by atomic mass is 10.1. The van der Waals surface area contributed by atoms with E-state index in [-0.39, 0.29) is 12.5 Å². The van der Waals surface area contributed by atoms with E-state index in [0.717, 1.165) is 16.3 Å². The average molecular weight is 318 g/mol. The van der Waals surface area contributed by atoms with E-state index in [2.05, 4.69) is 4.98 Å². The van der Waals surface area contributed by atoms with E-state index in [1.165, 1.54) is 4.90 Å². The molecule has 5 nitrogen and oxygen atoms in total. The topological polar surface area (TPSA) is 70.5 Å². The Balaban J connectivity index is 2.18. The van der Waals surface area contributed by atoms with Gasteiger partial charge in [0, 0.05) is 30.1 Å². The highest BCUT2D eigenvalue weighted by Crippen LogP contribution is 2.22. The molecule has 2 rings (SSSR count). The van der Waals surface area contributed by atoms with Gasteiger partial charge >= 0.3 is 5.97 Å². The van der Waals surface area contributed by atoms with Crippen molar-refractivity contribution in [3.63, 3.8) is 0 Å². The molecule has 0 radical (unpaired) electrons. The zero-order valence-corrected chi connectivity index (χ0v) is 13.6. The number of hydrogen-bond donors (Lipinski definition) is 1. The van der Waals surface area contributed by atoms with Gasteiger partial charge in [0.1, 0.15) is 0 Å². The third kappa shape index (κ3) is 3.71. The van der Waals surface area contributed by atoms with Crippen LogP contribution < -0.4 is 0 Å². The first kappa shape index (κ1) is 16.2. The van der Waals surface area contributed by atoms with Crippen molar-refractivity contribution in [1.29, 1.82) is 0 Å². The summed E-state index contributed by atoms with van der Waals surface area (Å²) in [5.41, 5.74) is 2.26. The van der Waals surface area contributed by atoms with Gasteiger partial charge in [-0.15, -0.1) is 11.3 Å². The van der Waals surface area contributed by atoms with Crippen LogP contribution >= 0.6 is 11.3 Å². The first-order chi connectivity index (χ1) is 10.4. The van der Waals surface area contributed by atoms with Gasteiger partial charge in [0.2, 0.25) is 0 Å². The van der Waals surface area contributed by atoms with Gasteiger partial charge in [0.15, 0.2) is 0 Å². The molecule has 22 heavy (non-hydrogen) atoms. The fourth-order valence-electron chi connectivity index (χ4n) is 2.10. The molecule has 2 aromatic rings. The summed E-state index contributed by atoms with van der Waals surface area (Å²) in [6.45, 7) is 3.69. The number of carbonyl (C=O) groups is 2. The lowest BCUT2D eigenvalue weighted by Crippen LogP contribution is -2.33. The second-order valence-electron chi connectivity index (χ2n) is 5.26. The normalized spacial score (nSPS) is 12.0. The maximum Gasteiger partial charge on any atom is 0.308 e. The van der Waals surface area contributed by atoms with Crippen LogP contribution in [0.25, 0.3) is 11.3 Å². The molecular formula is C16H18N2O3S. The molecule has 0 bridgehead atoms. The van der Waals surface area contributed by atoms with Crippen molar-refractivity contribution in [2.24, 2.45) is 5.92 Å². The zero-order chi connectivity index (χ0) is 16.3. The molecule has 0 fully saturated rings. The van der Waals surface area contributed by atoms with Crippen LogP contribution in [0.2, 0.25) is 0 Å². The third-order valence-corrected chi connectivity index (χ3v) is 4.11. The Morgan fingerprint density at radius 1 is 1.41 bits per heavy atom. The minimum absolute atomic E-state index is 0.175. The highest BCUT2D eigenvalue weighted by atomic mass is 32.1. The number of benzene rings is 1. The fraction of sp³-hybridized carbons (Fsp3) is 0.312. The van der Waals surface area contributed by atoms with E-state index in [4.69, 9.17) is 5.11 Å². The number of thiazole rings is 1. The van der Waals surface area contributed by atoms with Crippen molar-refractivity contribution in [3.05, 3.63) is 40.2 Å². The van der Waals surface area contributed by atoms with Crippen molar-refractivity contribution >= 4 is 23.2 Å². The summed E-state index contributed by atoms with van der Waals surface area (Å²) in [7, 11) is 1.61. The van der Waals surface area contributed by atoms with E-state index >= 15 is 0 Å². The second-order valence-corrected chi connectivity index (χ2v) is 6.32. The number of rotatable bonds is 5. The number of aliphatic carboxylic acids is 1. The van der Waals surface area contributed by atoms with Gasteiger partial charge in [-0.25, -0.2) is 4.98 Å². The Bertz CT molecular complexity index is 696. The quantitative estimate of drug-likeness (QED) is 0.920. The van der Waals surface area contributed by atoms with Gasteiger partial charge < -0.3 is 10.0 Å². The maximum absolute atomic E-state index is 12.4. The van der Waals surface area contributed by atoms with Crippen molar-refractivity contribution < 1.29 is 14.7 Å². The zero-order valence-electron chi connectivity index (χ0n) is 12.7. The van der Waals surface area contributed by atoms with E-state index in [9.17, 15) is 9.59 Å². The standard InChI is InChI=1S/C16H18N2O3S/c1-10(16(20)21)8-18(3)15(19)13-6-4-5-12(7-13)14-9-22-11(2)17-14/h4-7,9-10H,8H2,1-3H3,(H,20,21). The Hall–Kier alpha value is -2.21. The van der Waals surface area contributed by atoms with Crippen LogP contribution in [-0.4, -0.2) is 40.5 Å². The summed E-state index contributed by atoms with van der Waals surface area (Å²) in [6.07, 6.45) is 0. The molecular weight excluding hydrogens is 300 g/mol. The molecule has 1 amide bonds. The molecule has 0 aliphatic carbocycles. The molecule has 0 aliphatic heterocycles. The summed E-state index contributed by atoms with van der Waals surface area (Å²) in [6, 6.07) is 7.24. The fourth-order valence-corrected chi connectivity index (χ4v) is 2.72. The molecule has 1 heterocycles. The number of aromatic nitrogens is 1. The molecule has 116 valence electrons. The number of amides is 1. The summed E-state index contributed by atoms with van der Waals surface area (Å²) < 4.78 is 0. The number of carbonyl (C=O) groups excluding carboxylic acids is 1. The molecule has 0 spiro atoms. The molecule has 0 saturated heterocycles. The number of aryl methyl sites for hydroxylation is 1. The van der Waals surface area contributed by atoms with Gasteiger partial charge in [-0.1, -0.05) is 19.1 Å². The van der Waals surface area contributed by atoms with Gasteiger partial charge in [-0.3, -0.25) is 9.59 Å². The Labute approximate surface area is 133 Å². The monoisotopic (exact) mass is 318 g/mol. The van der Waals surface area contributed by atoms with Gasteiger partial charge in [-0.05, 0) is 19.1 Å². The molecule has 1 atom stereocenters. The van der Waals surface area contributed by atoms with Crippen LogP contribution in [0, 0.1) is 12.8 Å². The van der Waals surface area contributed by atoms with Crippen LogP contribution in [0.5, 0.6) is 0 Å². The molecule has 6 heteroatoms. The third-order valence-electron chi connectivity index (χ3n) is 3.34. The lowest BCUT2D eigenvalue weighted by molar-refractivity contribution is -0.141. The minimum Gasteiger partial charge on any atom is -0.481 e. The highest BCUT2D eigenvalue weighted by Gasteiger charge is 2.19. The van der Waals surface area contributed by atoms with Crippen LogP contribution in [0.3, 0.4) is 0 Å². The average Bonchev–Trinajstić information content (AvgIpc) is 2.93. The maximum atomic E-state index is 12.4. The van der Waals surface area contributed by atoms with Crippen LogP contribution in [0.4, 0.5) is 0 Å². The summed E-state index contributed by atoms with van der Waals surface area (Å²) >= 11 is 1.56. The molecule has 1 aromatic heterocycles. The van der Waals surface area contributed by atoms with Crippen LogP contribution in [0.1, 0.15) is 22.3 Å². The molecule has 1 aromatic carbocycles. The van der Waals surface area contributed by atoms with E-state index in [1.54, 1.807) is 37.4 Å². The van der Waals surface area contributed by atoms with Crippen molar-refractivity contribution in [1.82, 2.24) is 9.88 Å². The number of nitrogens with zero attached hydrogens (tertiary/aromatic N) is 2. The Kier molecular flexibility index (Phi) is 4.92. The summed E-state index contributed by atoms with van der Waals surface area (Å²) in [4.78, 5) is 29.1. The van der Waals surface area contributed by atoms with E-state index in [1.807, 2.05) is 24.4 Å². The lowest BCUT2D eigenvalue weighted by Gasteiger charge is -2.19. The molecule has 1 N–H and O–H groups in total. The summed E-state index contributed by atoms with van der Waals surface area (Å²) in [5, 5.41) is 11.9. The van der Waals surface area contributed by atoms with Gasteiger partial charge in [0.25, 0.3) is 5.91 Å². The first-order valence-corrected chi connectivity index (χ1v) is 7.77. The molecule has 1 unspecified atom stereocenters. The Morgan fingerprint density at radius 2 is 2.14 bits per heavy atom. The highest BCUT2D eigenvalue weighted by molar-refractivity contribution is 7.09. The SMILES string of the molecule is Cc1nc(-c2cccc(C(=O)N(C)CC(C)C(=O)O)c2)cs1. The number of carboxylic acid groups (broad SMARTS) is 1. The first-order valence-electron chi connectivity index (χ1n) is 6.89. The van der Waals surface area contributed by atoms with Crippen LogP contribution in [0.15, 0.2) is 29.6 Å². The second kappa shape index (κ2) is 6.70. The predicted octanol–water partition coefficient (Wildman–Crippen LogP) is 2.91. The van der Waals surface area contributed by atoms with E-state index < -0.39 is 11.9 Å². The molecule has 0 aliphatic rings. The van der Waals surface area contributed by atoms with Crippen LogP contribution in [-0.2, 0) is 4.79 Å². The molecule has 0 saturated carbocycles. The van der Waals surface area contributed by atoms with Crippen molar-refractivity contribution in [2.45, 2.75) is 13.8 Å². The number of carboxylic acids is 1.